The number of rotatable bonds is 4. The molecule has 0 spiro atoms. The molecule has 0 aliphatic heterocycles. The van der Waals surface area contributed by atoms with Crippen molar-refractivity contribution in [2.75, 3.05) is 5.32 Å². The average molecular weight is 394 g/mol. The van der Waals surface area contributed by atoms with Gasteiger partial charge in [-0.3, -0.25) is 4.79 Å². The third-order valence-corrected chi connectivity index (χ3v) is 4.24. The number of anilines is 2. The summed E-state index contributed by atoms with van der Waals surface area (Å²) in [6.07, 6.45) is 0. The van der Waals surface area contributed by atoms with Crippen molar-refractivity contribution in [2.45, 2.75) is 0 Å². The Bertz CT molecular complexity index is 1010. The number of aromatic hydroxyl groups is 1. The Labute approximate surface area is 157 Å². The molecule has 0 saturated heterocycles. The fourth-order valence-electron chi connectivity index (χ4n) is 2.36. The van der Waals surface area contributed by atoms with Crippen LogP contribution in [-0.4, -0.2) is 10.9 Å². The first-order chi connectivity index (χ1) is 12.3. The smallest absolute Gasteiger partial charge is 0.197 e. The van der Waals surface area contributed by atoms with Crippen LogP contribution in [0.15, 0.2) is 54.6 Å². The summed E-state index contributed by atoms with van der Waals surface area (Å²) in [6, 6.07) is 11.5. The Morgan fingerprint density at radius 1 is 0.885 bits per heavy atom. The summed E-state index contributed by atoms with van der Waals surface area (Å²) in [5, 5.41) is 12.7. The summed E-state index contributed by atoms with van der Waals surface area (Å²) in [7, 11) is 0. The number of phenols is 1. The van der Waals surface area contributed by atoms with E-state index in [-0.39, 0.29) is 26.9 Å². The van der Waals surface area contributed by atoms with Gasteiger partial charge in [0.2, 0.25) is 0 Å². The Balaban J connectivity index is 1.90. The summed E-state index contributed by atoms with van der Waals surface area (Å²) < 4.78 is 26.9. The monoisotopic (exact) mass is 393 g/mol. The zero-order chi connectivity index (χ0) is 18.8. The molecule has 3 aromatic carbocycles. The SMILES string of the molecule is O=C(c1cc(O)ccc1F)c1ccc(Nc2ccc(F)cc2Cl)cc1Cl. The number of benzene rings is 3. The van der Waals surface area contributed by atoms with Crippen LogP contribution in [0.5, 0.6) is 5.75 Å². The maximum Gasteiger partial charge on any atom is 0.197 e. The van der Waals surface area contributed by atoms with Gasteiger partial charge < -0.3 is 10.4 Å². The van der Waals surface area contributed by atoms with Crippen molar-refractivity contribution in [3.63, 3.8) is 0 Å². The van der Waals surface area contributed by atoms with Crippen LogP contribution in [0.1, 0.15) is 15.9 Å². The molecule has 0 bridgehead atoms. The third kappa shape index (κ3) is 3.79. The summed E-state index contributed by atoms with van der Waals surface area (Å²) in [6.45, 7) is 0. The van der Waals surface area contributed by atoms with Crippen molar-refractivity contribution in [2.24, 2.45) is 0 Å². The molecule has 0 aliphatic carbocycles. The highest BCUT2D eigenvalue weighted by atomic mass is 35.5. The fourth-order valence-corrected chi connectivity index (χ4v) is 2.84. The second kappa shape index (κ2) is 7.32. The number of nitrogens with one attached hydrogen (secondary N) is 1. The molecule has 3 rings (SSSR count). The van der Waals surface area contributed by atoms with Gasteiger partial charge >= 0.3 is 0 Å². The van der Waals surface area contributed by atoms with Crippen LogP contribution in [0, 0.1) is 11.6 Å². The van der Waals surface area contributed by atoms with E-state index >= 15 is 0 Å². The van der Waals surface area contributed by atoms with Crippen molar-refractivity contribution < 1.29 is 18.7 Å². The van der Waals surface area contributed by atoms with Gasteiger partial charge in [0, 0.05) is 11.3 Å². The summed E-state index contributed by atoms with van der Waals surface area (Å²) in [4.78, 5) is 12.5. The van der Waals surface area contributed by atoms with E-state index in [4.69, 9.17) is 23.2 Å². The number of hydrogen-bond donors (Lipinski definition) is 2. The molecule has 132 valence electrons. The number of carbonyl (C=O) groups is 1. The molecule has 0 amide bonds. The summed E-state index contributed by atoms with van der Waals surface area (Å²) >= 11 is 12.1. The minimum atomic E-state index is -0.760. The quantitative estimate of drug-likeness (QED) is 0.538. The zero-order valence-corrected chi connectivity index (χ0v) is 14.6. The van der Waals surface area contributed by atoms with Gasteiger partial charge in [0.05, 0.1) is 21.3 Å². The standard InChI is InChI=1S/C19H11Cl2F2NO2/c20-15-8-11(24-18-6-1-10(22)7-16(18)21)2-4-13(15)19(26)14-9-12(25)3-5-17(14)23/h1-9,24-25H. The highest BCUT2D eigenvalue weighted by molar-refractivity contribution is 6.35. The molecular formula is C19H11Cl2F2NO2. The number of phenolic OH excluding ortho intramolecular Hbond substituents is 1. The van der Waals surface area contributed by atoms with Crippen LogP contribution in [0.2, 0.25) is 10.0 Å². The Morgan fingerprint density at radius 2 is 1.65 bits per heavy atom. The Morgan fingerprint density at radius 3 is 2.35 bits per heavy atom. The lowest BCUT2D eigenvalue weighted by atomic mass is 10.0. The van der Waals surface area contributed by atoms with Gasteiger partial charge in [0.25, 0.3) is 0 Å². The molecule has 7 heteroatoms. The van der Waals surface area contributed by atoms with Gasteiger partial charge in [-0.2, -0.15) is 0 Å². The highest BCUT2D eigenvalue weighted by Crippen LogP contribution is 2.30. The maximum absolute atomic E-state index is 13.8. The lowest BCUT2D eigenvalue weighted by Crippen LogP contribution is -2.05. The maximum atomic E-state index is 13.8. The van der Waals surface area contributed by atoms with Crippen LogP contribution in [0.4, 0.5) is 20.2 Å². The third-order valence-electron chi connectivity index (χ3n) is 3.62. The molecular weight excluding hydrogens is 383 g/mol. The minimum Gasteiger partial charge on any atom is -0.508 e. The van der Waals surface area contributed by atoms with E-state index in [0.29, 0.717) is 11.4 Å². The highest BCUT2D eigenvalue weighted by Gasteiger charge is 2.18. The molecule has 0 aromatic heterocycles. The molecule has 0 saturated carbocycles. The van der Waals surface area contributed by atoms with E-state index in [2.05, 4.69) is 5.32 Å². The first-order valence-electron chi connectivity index (χ1n) is 7.40. The molecule has 0 fully saturated rings. The molecule has 26 heavy (non-hydrogen) atoms. The topological polar surface area (TPSA) is 49.3 Å². The van der Waals surface area contributed by atoms with Gasteiger partial charge in [-0.1, -0.05) is 23.2 Å². The van der Waals surface area contributed by atoms with E-state index in [1.54, 1.807) is 6.07 Å². The van der Waals surface area contributed by atoms with Gasteiger partial charge in [0.15, 0.2) is 5.78 Å². The normalized spacial score (nSPS) is 10.6. The van der Waals surface area contributed by atoms with Gasteiger partial charge in [-0.05, 0) is 54.6 Å². The largest absolute Gasteiger partial charge is 0.508 e. The average Bonchev–Trinajstić information content (AvgIpc) is 2.59. The van der Waals surface area contributed by atoms with Crippen LogP contribution < -0.4 is 5.32 Å². The number of ketones is 1. The zero-order valence-electron chi connectivity index (χ0n) is 13.1. The van der Waals surface area contributed by atoms with E-state index in [0.717, 1.165) is 24.3 Å². The van der Waals surface area contributed by atoms with Crippen molar-refractivity contribution in [3.8, 4) is 5.75 Å². The molecule has 3 aromatic rings. The van der Waals surface area contributed by atoms with Gasteiger partial charge in [-0.25, -0.2) is 8.78 Å². The van der Waals surface area contributed by atoms with Crippen LogP contribution in [0.25, 0.3) is 0 Å². The minimum absolute atomic E-state index is 0.0759. The second-order valence-electron chi connectivity index (χ2n) is 5.44. The van der Waals surface area contributed by atoms with Crippen molar-refractivity contribution in [1.82, 2.24) is 0 Å². The Hall–Kier alpha value is -2.63. The van der Waals surface area contributed by atoms with Gasteiger partial charge in [0.1, 0.15) is 17.4 Å². The molecule has 0 unspecified atom stereocenters. The van der Waals surface area contributed by atoms with E-state index in [1.165, 1.54) is 24.3 Å². The number of hydrogen-bond acceptors (Lipinski definition) is 3. The van der Waals surface area contributed by atoms with E-state index < -0.39 is 17.4 Å². The van der Waals surface area contributed by atoms with E-state index in [9.17, 15) is 18.7 Å². The van der Waals surface area contributed by atoms with Gasteiger partial charge in [-0.15, -0.1) is 0 Å². The molecule has 0 atom stereocenters. The van der Waals surface area contributed by atoms with Crippen LogP contribution in [0.3, 0.4) is 0 Å². The molecule has 0 radical (unpaired) electrons. The van der Waals surface area contributed by atoms with Crippen molar-refractivity contribution in [1.29, 1.82) is 0 Å². The van der Waals surface area contributed by atoms with Crippen molar-refractivity contribution >= 4 is 40.4 Å². The first kappa shape index (κ1) is 18.2. The molecule has 3 nitrogen and oxygen atoms in total. The molecule has 0 heterocycles. The lowest BCUT2D eigenvalue weighted by molar-refractivity contribution is 0.103. The van der Waals surface area contributed by atoms with E-state index in [1.807, 2.05) is 0 Å². The summed E-state index contributed by atoms with van der Waals surface area (Å²) in [5.41, 5.74) is 0.764. The number of halogens is 4. The van der Waals surface area contributed by atoms with Crippen molar-refractivity contribution in [3.05, 3.63) is 87.4 Å². The first-order valence-corrected chi connectivity index (χ1v) is 8.15. The number of carbonyl (C=O) groups excluding carboxylic acids is 1. The van der Waals surface area contributed by atoms with Crippen LogP contribution >= 0.6 is 23.2 Å². The molecule has 0 aliphatic rings. The predicted molar refractivity (Wildman–Crippen MR) is 97.6 cm³/mol. The predicted octanol–water partition coefficient (Wildman–Crippen LogP) is 5.95. The lowest BCUT2D eigenvalue weighted by Gasteiger charge is -2.11. The summed E-state index contributed by atoms with van der Waals surface area (Å²) in [5.74, 6) is -2.11. The fraction of sp³-hybridized carbons (Fsp3) is 0. The second-order valence-corrected chi connectivity index (χ2v) is 6.25. The Kier molecular flexibility index (Phi) is 5.11. The molecule has 2 N–H and O–H groups in total. The van der Waals surface area contributed by atoms with Crippen LogP contribution in [-0.2, 0) is 0 Å².